The second-order valence-corrected chi connectivity index (χ2v) is 7.28. The Morgan fingerprint density at radius 2 is 1.83 bits per heavy atom. The zero-order valence-electron chi connectivity index (χ0n) is 12.9. The molecule has 0 aliphatic carbocycles. The summed E-state index contributed by atoms with van der Waals surface area (Å²) in [5.41, 5.74) is 5.28. The monoisotopic (exact) mass is 372 g/mol. The summed E-state index contributed by atoms with van der Waals surface area (Å²) >= 11 is 12.4. The predicted molar refractivity (Wildman–Crippen MR) is 103 cm³/mol. The van der Waals surface area contributed by atoms with E-state index in [4.69, 9.17) is 11.6 Å². The third kappa shape index (κ3) is 2.73. The molecule has 0 fully saturated rings. The molecule has 4 rings (SSSR count). The zero-order valence-corrected chi connectivity index (χ0v) is 15.3. The number of aromatic amines is 1. The predicted octanol–water partition coefficient (Wildman–Crippen LogP) is 5.06. The topological polar surface area (TPSA) is 31.7 Å². The standard InChI is InChI=1S/C18H14ClN3S2/c1-11-17(15-10-24-16-5-3-2-4-14(16)21-15)22(18(23)20-11)13-8-6-12(19)7-9-13/h2-10,21H,1H3,(H,20,23)/p+1. The largest absolute Gasteiger partial charge is 0.351 e. The highest BCUT2D eigenvalue weighted by Gasteiger charge is 2.27. The maximum absolute atomic E-state index is 6.03. The Balaban J connectivity index is 1.82. The summed E-state index contributed by atoms with van der Waals surface area (Å²) in [6, 6.07) is 16.0. The van der Waals surface area contributed by atoms with Gasteiger partial charge in [-0.05, 0) is 36.4 Å². The third-order valence-electron chi connectivity index (χ3n) is 3.89. The number of imidazole rings is 1. The van der Waals surface area contributed by atoms with Crippen LogP contribution < -0.4 is 9.88 Å². The summed E-state index contributed by atoms with van der Waals surface area (Å²) in [6.07, 6.45) is 0. The summed E-state index contributed by atoms with van der Waals surface area (Å²) in [5, 5.41) is 7.16. The molecule has 0 amide bonds. The number of H-pyrrole nitrogens is 1. The average molecular weight is 373 g/mol. The first-order valence-corrected chi connectivity index (χ1v) is 9.17. The summed E-state index contributed by atoms with van der Waals surface area (Å²) in [7, 11) is 0. The minimum Gasteiger partial charge on any atom is -0.351 e. The van der Waals surface area contributed by atoms with E-state index in [1.165, 1.54) is 4.90 Å². The molecule has 1 aliphatic heterocycles. The number of thioether (sulfide) groups is 1. The lowest BCUT2D eigenvalue weighted by Crippen LogP contribution is -2.36. The Labute approximate surface area is 155 Å². The number of thiol groups is 1. The SMILES string of the molecule is Cc1[nH]c(S)[n+](-c2ccc(Cl)cc2)c1C1=CSc2ccccc2N1. The van der Waals surface area contributed by atoms with Crippen LogP contribution in [0.1, 0.15) is 11.4 Å². The quantitative estimate of drug-likeness (QED) is 0.434. The van der Waals surface area contributed by atoms with Gasteiger partial charge in [0.2, 0.25) is 0 Å². The van der Waals surface area contributed by atoms with Crippen molar-refractivity contribution in [2.75, 3.05) is 5.32 Å². The van der Waals surface area contributed by atoms with E-state index in [1.54, 1.807) is 11.8 Å². The van der Waals surface area contributed by atoms with Gasteiger partial charge in [0, 0.05) is 22.2 Å². The molecule has 24 heavy (non-hydrogen) atoms. The van der Waals surface area contributed by atoms with Crippen molar-refractivity contribution in [3.05, 3.63) is 70.3 Å². The highest BCUT2D eigenvalue weighted by molar-refractivity contribution is 8.02. The molecule has 2 heterocycles. The Kier molecular flexibility index (Phi) is 4.08. The molecule has 120 valence electrons. The average Bonchev–Trinajstić information content (AvgIpc) is 2.89. The van der Waals surface area contributed by atoms with Crippen molar-refractivity contribution in [2.24, 2.45) is 0 Å². The molecule has 1 aromatic heterocycles. The molecule has 0 saturated heterocycles. The number of aromatic nitrogens is 2. The highest BCUT2D eigenvalue weighted by atomic mass is 35.5. The van der Waals surface area contributed by atoms with E-state index >= 15 is 0 Å². The lowest BCUT2D eigenvalue weighted by Gasteiger charge is -2.18. The lowest BCUT2D eigenvalue weighted by molar-refractivity contribution is -0.637. The van der Waals surface area contributed by atoms with Gasteiger partial charge >= 0.3 is 5.16 Å². The number of hydrogen-bond donors (Lipinski definition) is 3. The van der Waals surface area contributed by atoms with Crippen LogP contribution >= 0.6 is 36.0 Å². The molecule has 2 N–H and O–H groups in total. The van der Waals surface area contributed by atoms with Gasteiger partial charge in [0.05, 0.1) is 11.4 Å². The number of anilines is 1. The van der Waals surface area contributed by atoms with Crippen molar-refractivity contribution in [2.45, 2.75) is 17.0 Å². The molecule has 0 atom stereocenters. The summed E-state index contributed by atoms with van der Waals surface area (Å²) in [6.45, 7) is 2.05. The molecule has 6 heteroatoms. The van der Waals surface area contributed by atoms with Crippen LogP contribution in [-0.4, -0.2) is 4.98 Å². The fourth-order valence-corrected chi connectivity index (χ4v) is 4.13. The summed E-state index contributed by atoms with van der Waals surface area (Å²) in [4.78, 5) is 4.54. The smallest absolute Gasteiger partial charge is 0.318 e. The molecule has 0 bridgehead atoms. The van der Waals surface area contributed by atoms with Gasteiger partial charge < -0.3 is 5.32 Å². The maximum Gasteiger partial charge on any atom is 0.318 e. The number of halogens is 1. The Morgan fingerprint density at radius 1 is 1.08 bits per heavy atom. The molecular formula is C18H15ClN3S2+. The van der Waals surface area contributed by atoms with Gasteiger partial charge in [0.1, 0.15) is 11.4 Å². The molecule has 2 aromatic carbocycles. The van der Waals surface area contributed by atoms with Gasteiger partial charge in [0.15, 0.2) is 5.69 Å². The number of rotatable bonds is 2. The fourth-order valence-electron chi connectivity index (χ4n) is 2.81. The number of nitrogens with zero attached hydrogens (tertiary/aromatic N) is 1. The highest BCUT2D eigenvalue weighted by Crippen LogP contribution is 2.37. The second-order valence-electron chi connectivity index (χ2n) is 5.50. The van der Waals surface area contributed by atoms with E-state index in [-0.39, 0.29) is 0 Å². The Morgan fingerprint density at radius 3 is 2.62 bits per heavy atom. The molecule has 0 saturated carbocycles. The Bertz CT molecular complexity index is 945. The molecule has 1 aliphatic rings. The van der Waals surface area contributed by atoms with Crippen LogP contribution in [0.4, 0.5) is 5.69 Å². The first-order chi connectivity index (χ1) is 11.6. The van der Waals surface area contributed by atoms with Crippen molar-refractivity contribution < 1.29 is 4.57 Å². The van der Waals surface area contributed by atoms with Gasteiger partial charge in [0.25, 0.3) is 0 Å². The van der Waals surface area contributed by atoms with Crippen molar-refractivity contribution in [1.29, 1.82) is 0 Å². The van der Waals surface area contributed by atoms with Gasteiger partial charge in [-0.15, -0.1) is 0 Å². The van der Waals surface area contributed by atoms with Crippen molar-refractivity contribution in [3.63, 3.8) is 0 Å². The van der Waals surface area contributed by atoms with E-state index in [2.05, 4.69) is 52.0 Å². The fraction of sp³-hybridized carbons (Fsp3) is 0.0556. The van der Waals surface area contributed by atoms with Gasteiger partial charge in [-0.2, -0.15) is 4.57 Å². The van der Waals surface area contributed by atoms with Crippen LogP contribution in [-0.2, 0) is 0 Å². The van der Waals surface area contributed by atoms with Crippen molar-refractivity contribution >= 4 is 47.4 Å². The van der Waals surface area contributed by atoms with Crippen molar-refractivity contribution in [1.82, 2.24) is 4.98 Å². The first-order valence-electron chi connectivity index (χ1n) is 7.46. The summed E-state index contributed by atoms with van der Waals surface area (Å²) in [5.74, 6) is 0. The van der Waals surface area contributed by atoms with E-state index < -0.39 is 0 Å². The molecule has 3 nitrogen and oxygen atoms in total. The number of nitrogens with one attached hydrogen (secondary N) is 2. The van der Waals surface area contributed by atoms with Crippen LogP contribution in [0.3, 0.4) is 0 Å². The Hall–Kier alpha value is -1.82. The van der Waals surface area contributed by atoms with E-state index in [9.17, 15) is 0 Å². The number of hydrogen-bond acceptors (Lipinski definition) is 3. The number of aryl methyl sites for hydroxylation is 1. The van der Waals surface area contributed by atoms with E-state index in [0.717, 1.165) is 33.6 Å². The molecule has 0 spiro atoms. The zero-order chi connectivity index (χ0) is 16.7. The van der Waals surface area contributed by atoms with Gasteiger partial charge in [-0.1, -0.05) is 48.1 Å². The van der Waals surface area contributed by atoms with Crippen LogP contribution in [0, 0.1) is 6.92 Å². The first kappa shape index (κ1) is 15.7. The lowest BCUT2D eigenvalue weighted by atomic mass is 10.2. The van der Waals surface area contributed by atoms with Crippen molar-refractivity contribution in [3.8, 4) is 5.69 Å². The van der Waals surface area contributed by atoms with Crippen LogP contribution in [0.15, 0.2) is 64.0 Å². The number of para-hydroxylation sites is 1. The van der Waals surface area contributed by atoms with Gasteiger partial charge in [-0.3, -0.25) is 0 Å². The normalized spacial score (nSPS) is 13.2. The number of fused-ring (bicyclic) bond motifs is 1. The van der Waals surface area contributed by atoms with Crippen LogP contribution in [0.25, 0.3) is 11.4 Å². The second kappa shape index (κ2) is 6.24. The van der Waals surface area contributed by atoms with Crippen LogP contribution in [0.2, 0.25) is 5.02 Å². The van der Waals surface area contributed by atoms with E-state index in [1.807, 2.05) is 36.4 Å². The van der Waals surface area contributed by atoms with Gasteiger partial charge in [-0.25, -0.2) is 4.98 Å². The van der Waals surface area contributed by atoms with E-state index in [0.29, 0.717) is 5.02 Å². The molecular weight excluding hydrogens is 358 g/mol. The molecule has 0 radical (unpaired) electrons. The minimum absolute atomic E-state index is 0.716. The third-order valence-corrected chi connectivity index (χ3v) is 5.42. The maximum atomic E-state index is 6.03. The molecule has 3 aromatic rings. The minimum atomic E-state index is 0.716. The van der Waals surface area contributed by atoms with Crippen LogP contribution in [0.5, 0.6) is 0 Å². The summed E-state index contributed by atoms with van der Waals surface area (Å²) < 4.78 is 2.09. The number of benzene rings is 2. The molecule has 0 unspecified atom stereocenters.